The first-order valence-corrected chi connectivity index (χ1v) is 10.6. The van der Waals surface area contributed by atoms with Gasteiger partial charge in [0.15, 0.2) is 0 Å². The first-order valence-electron chi connectivity index (χ1n) is 10.6. The van der Waals surface area contributed by atoms with E-state index in [-0.39, 0.29) is 24.8 Å². The predicted molar refractivity (Wildman–Crippen MR) is 111 cm³/mol. The standard InChI is InChI=1S/C19H33N7O4/c1-3-5-6-8-14(11-26(30)13-27)17(29)23-24-18-20-16(4-2)21-19(22-18)25-10-7-9-15(28)12-25/h13-15,28,30H,3-12H2,1-2H3,(H,23,29)(H,20,21,22,24). The van der Waals surface area contributed by atoms with Crippen LogP contribution in [0.2, 0.25) is 0 Å². The second kappa shape index (κ2) is 12.2. The molecule has 0 bridgehead atoms. The molecule has 2 unspecified atom stereocenters. The van der Waals surface area contributed by atoms with E-state index in [0.717, 1.165) is 38.6 Å². The number of aromatic nitrogens is 3. The SMILES string of the molecule is CCCCCC(CN(O)C=O)C(=O)NNc1nc(CC)nc(N2CCCC(O)C2)n1. The summed E-state index contributed by atoms with van der Waals surface area (Å²) < 4.78 is 0. The summed E-state index contributed by atoms with van der Waals surface area (Å²) in [5.74, 6) is 0.302. The lowest BCUT2D eigenvalue weighted by molar-refractivity contribution is -0.154. The molecule has 2 rings (SSSR count). The summed E-state index contributed by atoms with van der Waals surface area (Å²) in [6.45, 7) is 5.09. The van der Waals surface area contributed by atoms with Crippen molar-refractivity contribution < 1.29 is 19.9 Å². The highest BCUT2D eigenvalue weighted by Gasteiger charge is 2.23. The van der Waals surface area contributed by atoms with Crippen LogP contribution in [0.1, 0.15) is 58.2 Å². The number of carbonyl (C=O) groups is 2. The molecule has 1 aromatic heterocycles. The number of anilines is 2. The Balaban J connectivity index is 2.04. The lowest BCUT2D eigenvalue weighted by Gasteiger charge is -2.30. The van der Waals surface area contributed by atoms with E-state index in [9.17, 15) is 19.9 Å². The van der Waals surface area contributed by atoms with E-state index in [1.165, 1.54) is 0 Å². The van der Waals surface area contributed by atoms with Crippen LogP contribution in [-0.4, -0.2) is 68.4 Å². The van der Waals surface area contributed by atoms with Crippen molar-refractivity contribution in [2.24, 2.45) is 5.92 Å². The number of β-amino-alcohol motifs (C(OH)–C–C–N with tert-alkyl or cyclic N) is 1. The molecule has 0 spiro atoms. The summed E-state index contributed by atoms with van der Waals surface area (Å²) in [5, 5.41) is 19.9. The molecule has 11 heteroatoms. The molecule has 1 fully saturated rings. The fourth-order valence-corrected chi connectivity index (χ4v) is 3.33. The highest BCUT2D eigenvalue weighted by atomic mass is 16.5. The number of rotatable bonds is 12. The molecule has 168 valence electrons. The van der Waals surface area contributed by atoms with E-state index in [1.807, 2.05) is 11.8 Å². The van der Waals surface area contributed by atoms with Crippen LogP contribution in [0.15, 0.2) is 0 Å². The number of carbonyl (C=O) groups excluding carboxylic acids is 2. The van der Waals surface area contributed by atoms with Crippen molar-refractivity contribution in [3.8, 4) is 0 Å². The fourth-order valence-electron chi connectivity index (χ4n) is 3.33. The van der Waals surface area contributed by atoms with Gasteiger partial charge >= 0.3 is 0 Å². The second-order valence-electron chi connectivity index (χ2n) is 7.51. The minimum absolute atomic E-state index is 0.0882. The Morgan fingerprint density at radius 2 is 2.13 bits per heavy atom. The molecule has 1 aromatic rings. The van der Waals surface area contributed by atoms with Crippen LogP contribution < -0.4 is 15.8 Å². The Kier molecular flexibility index (Phi) is 9.68. The van der Waals surface area contributed by atoms with Crippen molar-refractivity contribution in [3.05, 3.63) is 5.82 Å². The number of nitrogens with zero attached hydrogens (tertiary/aromatic N) is 5. The molecular weight excluding hydrogens is 390 g/mol. The number of aliphatic hydroxyl groups is 1. The number of aryl methyl sites for hydroxylation is 1. The predicted octanol–water partition coefficient (Wildman–Crippen LogP) is 0.882. The molecule has 0 aliphatic carbocycles. The highest BCUT2D eigenvalue weighted by molar-refractivity contribution is 5.80. The lowest BCUT2D eigenvalue weighted by atomic mass is 10.0. The van der Waals surface area contributed by atoms with Crippen LogP contribution in [0.5, 0.6) is 0 Å². The van der Waals surface area contributed by atoms with Crippen LogP contribution in [0.25, 0.3) is 0 Å². The van der Waals surface area contributed by atoms with Gasteiger partial charge in [0.2, 0.25) is 24.2 Å². The molecule has 1 aliphatic rings. The molecule has 0 radical (unpaired) electrons. The minimum atomic E-state index is -0.566. The van der Waals surface area contributed by atoms with Crippen molar-refractivity contribution in [3.63, 3.8) is 0 Å². The summed E-state index contributed by atoms with van der Waals surface area (Å²) in [5.41, 5.74) is 5.31. The van der Waals surface area contributed by atoms with E-state index in [1.54, 1.807) is 0 Å². The number of hydrogen-bond acceptors (Lipinski definition) is 9. The van der Waals surface area contributed by atoms with Crippen LogP contribution >= 0.6 is 0 Å². The summed E-state index contributed by atoms with van der Waals surface area (Å²) in [4.78, 5) is 38.3. The number of piperidine rings is 1. The molecule has 0 saturated carbocycles. The molecule has 1 saturated heterocycles. The number of amides is 2. The van der Waals surface area contributed by atoms with E-state index in [4.69, 9.17) is 0 Å². The number of hydrogen-bond donors (Lipinski definition) is 4. The van der Waals surface area contributed by atoms with Crippen molar-refractivity contribution in [2.75, 3.05) is 30.0 Å². The summed E-state index contributed by atoms with van der Waals surface area (Å²) in [6.07, 6.45) is 5.38. The third-order valence-electron chi connectivity index (χ3n) is 5.02. The Hall–Kier alpha value is -2.53. The first-order chi connectivity index (χ1) is 14.5. The van der Waals surface area contributed by atoms with Gasteiger partial charge in [-0.05, 0) is 19.3 Å². The zero-order chi connectivity index (χ0) is 21.9. The van der Waals surface area contributed by atoms with Gasteiger partial charge in [-0.2, -0.15) is 15.0 Å². The molecule has 1 aliphatic heterocycles. The lowest BCUT2D eigenvalue weighted by Crippen LogP contribution is -2.41. The van der Waals surface area contributed by atoms with Crippen molar-refractivity contribution in [1.29, 1.82) is 0 Å². The second-order valence-corrected chi connectivity index (χ2v) is 7.51. The number of hydrazine groups is 1. The molecule has 2 amide bonds. The van der Waals surface area contributed by atoms with E-state index < -0.39 is 12.0 Å². The molecule has 2 heterocycles. The van der Waals surface area contributed by atoms with Gasteiger partial charge in [-0.1, -0.05) is 33.1 Å². The van der Waals surface area contributed by atoms with Crippen molar-refractivity contribution >= 4 is 24.2 Å². The number of hydroxylamine groups is 2. The number of nitrogens with one attached hydrogen (secondary N) is 2. The molecular formula is C19H33N7O4. The summed E-state index contributed by atoms with van der Waals surface area (Å²) in [6, 6.07) is 0. The normalized spacial score (nSPS) is 17.3. The molecule has 4 N–H and O–H groups in total. The zero-order valence-electron chi connectivity index (χ0n) is 17.8. The monoisotopic (exact) mass is 423 g/mol. The molecule has 0 aromatic carbocycles. The van der Waals surface area contributed by atoms with Gasteiger partial charge in [0.05, 0.1) is 18.6 Å². The third-order valence-corrected chi connectivity index (χ3v) is 5.02. The van der Waals surface area contributed by atoms with Gasteiger partial charge in [0, 0.05) is 19.5 Å². The molecule has 2 atom stereocenters. The van der Waals surface area contributed by atoms with Crippen molar-refractivity contribution in [2.45, 2.75) is 64.9 Å². The van der Waals surface area contributed by atoms with Crippen LogP contribution in [0.3, 0.4) is 0 Å². The zero-order valence-corrected chi connectivity index (χ0v) is 17.8. The Bertz CT molecular complexity index is 691. The summed E-state index contributed by atoms with van der Waals surface area (Å²) >= 11 is 0. The summed E-state index contributed by atoms with van der Waals surface area (Å²) in [7, 11) is 0. The number of unbranched alkanes of at least 4 members (excludes halogenated alkanes) is 2. The van der Waals surface area contributed by atoms with E-state index >= 15 is 0 Å². The van der Waals surface area contributed by atoms with Crippen LogP contribution in [0, 0.1) is 5.92 Å². The van der Waals surface area contributed by atoms with E-state index in [2.05, 4.69) is 32.7 Å². The maximum absolute atomic E-state index is 12.6. The van der Waals surface area contributed by atoms with Gasteiger partial charge in [0.25, 0.3) is 0 Å². The molecule has 30 heavy (non-hydrogen) atoms. The Labute approximate surface area is 176 Å². The fraction of sp³-hybridized carbons (Fsp3) is 0.737. The van der Waals surface area contributed by atoms with Crippen LogP contribution in [0.4, 0.5) is 11.9 Å². The third kappa shape index (κ3) is 7.38. The smallest absolute Gasteiger partial charge is 0.246 e. The quantitative estimate of drug-likeness (QED) is 0.167. The Morgan fingerprint density at radius 1 is 1.33 bits per heavy atom. The average molecular weight is 424 g/mol. The van der Waals surface area contributed by atoms with Gasteiger partial charge < -0.3 is 10.0 Å². The average Bonchev–Trinajstić information content (AvgIpc) is 2.76. The van der Waals surface area contributed by atoms with Gasteiger partial charge in [-0.15, -0.1) is 0 Å². The van der Waals surface area contributed by atoms with Crippen molar-refractivity contribution in [1.82, 2.24) is 25.4 Å². The topological polar surface area (TPSA) is 144 Å². The molecule has 11 nitrogen and oxygen atoms in total. The highest BCUT2D eigenvalue weighted by Crippen LogP contribution is 2.18. The largest absolute Gasteiger partial charge is 0.391 e. The van der Waals surface area contributed by atoms with Gasteiger partial charge in [0.1, 0.15) is 5.82 Å². The Morgan fingerprint density at radius 3 is 2.80 bits per heavy atom. The van der Waals surface area contributed by atoms with Gasteiger partial charge in [-0.25, -0.2) is 5.06 Å². The van der Waals surface area contributed by atoms with Crippen LogP contribution in [-0.2, 0) is 16.0 Å². The minimum Gasteiger partial charge on any atom is -0.391 e. The van der Waals surface area contributed by atoms with E-state index in [0.29, 0.717) is 36.2 Å². The first kappa shape index (κ1) is 23.7. The van der Waals surface area contributed by atoms with Gasteiger partial charge in [-0.3, -0.25) is 25.6 Å². The maximum Gasteiger partial charge on any atom is 0.246 e. The number of aliphatic hydroxyl groups excluding tert-OH is 1. The maximum atomic E-state index is 12.6.